The average molecular weight is 252 g/mol. The summed E-state index contributed by atoms with van der Waals surface area (Å²) in [6.07, 6.45) is 1.07. The number of nitrogens with zero attached hydrogens (tertiary/aromatic N) is 1. The molecule has 0 spiro atoms. The Hall–Kier alpha value is -0.730. The fourth-order valence-corrected chi connectivity index (χ4v) is 2.68. The highest BCUT2D eigenvalue weighted by molar-refractivity contribution is 7.98. The Labute approximate surface area is 105 Å². The van der Waals surface area contributed by atoms with Crippen molar-refractivity contribution in [2.75, 3.05) is 11.6 Å². The van der Waals surface area contributed by atoms with Crippen LogP contribution in [0.25, 0.3) is 10.9 Å². The maximum absolute atomic E-state index is 5.63. The molecule has 1 aromatic carbocycles. The third-order valence-corrected chi connectivity index (χ3v) is 3.67. The molecule has 0 aliphatic heterocycles. The van der Waals surface area contributed by atoms with Crippen LogP contribution in [0.5, 0.6) is 0 Å². The van der Waals surface area contributed by atoms with E-state index in [0.717, 1.165) is 35.0 Å². The largest absolute Gasteiger partial charge is 0.252 e. The Balaban J connectivity index is 2.02. The first kappa shape index (κ1) is 11.7. The Kier molecular flexibility index (Phi) is 4.49. The molecule has 0 aliphatic rings. The van der Waals surface area contributed by atoms with Crippen molar-refractivity contribution in [2.24, 2.45) is 0 Å². The molecule has 0 saturated carbocycles. The third-order valence-electron chi connectivity index (χ3n) is 2.33. The average Bonchev–Trinajstić information content (AvgIpc) is 2.34. The molecule has 0 aliphatic carbocycles. The Morgan fingerprint density at radius 2 is 2.00 bits per heavy atom. The van der Waals surface area contributed by atoms with Gasteiger partial charge in [-0.15, -0.1) is 11.6 Å². The first-order valence-corrected chi connectivity index (χ1v) is 7.07. The van der Waals surface area contributed by atoms with Gasteiger partial charge in [-0.2, -0.15) is 11.8 Å². The van der Waals surface area contributed by atoms with Crippen molar-refractivity contribution in [1.29, 1.82) is 0 Å². The number of alkyl halides is 1. The fraction of sp³-hybridized carbons (Fsp3) is 0.308. The van der Waals surface area contributed by atoms with Crippen LogP contribution in [0.1, 0.15) is 12.1 Å². The van der Waals surface area contributed by atoms with Crippen LogP contribution in [-0.2, 0) is 5.75 Å². The summed E-state index contributed by atoms with van der Waals surface area (Å²) in [5.74, 6) is 2.83. The van der Waals surface area contributed by atoms with Gasteiger partial charge in [-0.3, -0.25) is 4.98 Å². The molecule has 1 aromatic heterocycles. The number of halogens is 1. The van der Waals surface area contributed by atoms with Crippen LogP contribution in [0.3, 0.4) is 0 Å². The van der Waals surface area contributed by atoms with E-state index >= 15 is 0 Å². The van der Waals surface area contributed by atoms with Crippen LogP contribution in [0.2, 0.25) is 0 Å². The van der Waals surface area contributed by atoms with Crippen LogP contribution in [0.4, 0.5) is 0 Å². The second kappa shape index (κ2) is 6.12. The van der Waals surface area contributed by atoms with Crippen LogP contribution >= 0.6 is 23.4 Å². The molecule has 0 fully saturated rings. The first-order chi connectivity index (χ1) is 7.90. The fourth-order valence-electron chi connectivity index (χ4n) is 1.52. The van der Waals surface area contributed by atoms with Gasteiger partial charge in [-0.05, 0) is 24.3 Å². The number of hydrogen-bond donors (Lipinski definition) is 0. The second-order valence-electron chi connectivity index (χ2n) is 3.59. The van der Waals surface area contributed by atoms with Gasteiger partial charge in [0.2, 0.25) is 0 Å². The lowest BCUT2D eigenvalue weighted by atomic mass is 10.2. The first-order valence-electron chi connectivity index (χ1n) is 5.38. The van der Waals surface area contributed by atoms with Gasteiger partial charge in [0.25, 0.3) is 0 Å². The number of para-hydroxylation sites is 1. The van der Waals surface area contributed by atoms with E-state index in [-0.39, 0.29) is 0 Å². The van der Waals surface area contributed by atoms with Crippen LogP contribution < -0.4 is 0 Å². The molecule has 0 radical (unpaired) electrons. The minimum absolute atomic E-state index is 0.748. The second-order valence-corrected chi connectivity index (χ2v) is 5.07. The minimum Gasteiger partial charge on any atom is -0.252 e. The molecule has 16 heavy (non-hydrogen) atoms. The lowest BCUT2D eigenvalue weighted by Gasteiger charge is -2.02. The zero-order valence-corrected chi connectivity index (χ0v) is 10.6. The van der Waals surface area contributed by atoms with E-state index in [0.29, 0.717) is 0 Å². The van der Waals surface area contributed by atoms with Crippen molar-refractivity contribution >= 4 is 34.3 Å². The van der Waals surface area contributed by atoms with Crippen molar-refractivity contribution in [1.82, 2.24) is 4.98 Å². The van der Waals surface area contributed by atoms with E-state index in [2.05, 4.69) is 29.2 Å². The van der Waals surface area contributed by atoms with Crippen LogP contribution in [0, 0.1) is 0 Å². The van der Waals surface area contributed by atoms with E-state index in [9.17, 15) is 0 Å². The van der Waals surface area contributed by atoms with E-state index in [1.807, 2.05) is 23.9 Å². The van der Waals surface area contributed by atoms with Crippen molar-refractivity contribution in [2.45, 2.75) is 12.2 Å². The molecule has 3 heteroatoms. The number of rotatable bonds is 5. The summed E-state index contributed by atoms with van der Waals surface area (Å²) < 4.78 is 0. The van der Waals surface area contributed by atoms with Crippen molar-refractivity contribution in [3.8, 4) is 0 Å². The molecule has 84 valence electrons. The van der Waals surface area contributed by atoms with E-state index in [1.165, 1.54) is 5.39 Å². The Morgan fingerprint density at radius 1 is 1.12 bits per heavy atom. The summed E-state index contributed by atoms with van der Waals surface area (Å²) in [4.78, 5) is 4.62. The monoisotopic (exact) mass is 251 g/mol. The minimum atomic E-state index is 0.748. The van der Waals surface area contributed by atoms with Crippen molar-refractivity contribution in [3.05, 3.63) is 42.1 Å². The van der Waals surface area contributed by atoms with Crippen molar-refractivity contribution < 1.29 is 0 Å². The number of thioether (sulfide) groups is 1. The quantitative estimate of drug-likeness (QED) is 0.586. The van der Waals surface area contributed by atoms with Gasteiger partial charge in [-0.25, -0.2) is 0 Å². The highest BCUT2D eigenvalue weighted by Gasteiger charge is 1.98. The third kappa shape index (κ3) is 3.13. The number of aromatic nitrogens is 1. The number of benzene rings is 1. The summed E-state index contributed by atoms with van der Waals surface area (Å²) in [7, 11) is 0. The summed E-state index contributed by atoms with van der Waals surface area (Å²) in [5, 5.41) is 1.21. The van der Waals surface area contributed by atoms with Gasteiger partial charge in [0.1, 0.15) is 0 Å². The van der Waals surface area contributed by atoms with Crippen LogP contribution in [0.15, 0.2) is 36.4 Å². The van der Waals surface area contributed by atoms with Gasteiger partial charge in [0, 0.05) is 17.0 Å². The van der Waals surface area contributed by atoms with Gasteiger partial charge in [-0.1, -0.05) is 24.3 Å². The lowest BCUT2D eigenvalue weighted by Crippen LogP contribution is -1.89. The molecule has 1 nitrogen and oxygen atoms in total. The SMILES string of the molecule is ClCCCSCc1ccc2ccccc2n1. The Bertz CT molecular complexity index is 458. The highest BCUT2D eigenvalue weighted by atomic mass is 35.5. The van der Waals surface area contributed by atoms with Gasteiger partial charge >= 0.3 is 0 Å². The zero-order chi connectivity index (χ0) is 11.2. The predicted octanol–water partition coefficient (Wildman–Crippen LogP) is 4.10. The molecule has 0 atom stereocenters. The summed E-state index contributed by atoms with van der Waals surface area (Å²) in [6.45, 7) is 0. The van der Waals surface area contributed by atoms with E-state index in [1.54, 1.807) is 0 Å². The normalized spacial score (nSPS) is 10.8. The molecular weight excluding hydrogens is 238 g/mol. The predicted molar refractivity (Wildman–Crippen MR) is 73.2 cm³/mol. The summed E-state index contributed by atoms with van der Waals surface area (Å²) in [5.41, 5.74) is 2.23. The molecule has 0 N–H and O–H groups in total. The molecule has 2 rings (SSSR count). The molecule has 0 unspecified atom stereocenters. The van der Waals surface area contributed by atoms with Crippen LogP contribution in [-0.4, -0.2) is 16.6 Å². The molecular formula is C13H14ClNS. The maximum Gasteiger partial charge on any atom is 0.0705 e. The maximum atomic E-state index is 5.63. The number of fused-ring (bicyclic) bond motifs is 1. The molecule has 0 saturated heterocycles. The van der Waals surface area contributed by atoms with Gasteiger partial charge in [0.05, 0.1) is 11.2 Å². The van der Waals surface area contributed by atoms with E-state index < -0.39 is 0 Å². The number of hydrogen-bond acceptors (Lipinski definition) is 2. The smallest absolute Gasteiger partial charge is 0.0705 e. The van der Waals surface area contributed by atoms with E-state index in [4.69, 9.17) is 11.6 Å². The Morgan fingerprint density at radius 3 is 2.88 bits per heavy atom. The molecule has 0 amide bonds. The highest BCUT2D eigenvalue weighted by Crippen LogP contribution is 2.16. The topological polar surface area (TPSA) is 12.9 Å². The molecule has 2 aromatic rings. The standard InChI is InChI=1S/C13H14ClNS/c14-8-3-9-16-10-12-7-6-11-4-1-2-5-13(11)15-12/h1-2,4-7H,3,8-10H2. The lowest BCUT2D eigenvalue weighted by molar-refractivity contribution is 1.11. The zero-order valence-electron chi connectivity index (χ0n) is 9.03. The molecule has 1 heterocycles. The van der Waals surface area contributed by atoms with Gasteiger partial charge in [0.15, 0.2) is 0 Å². The van der Waals surface area contributed by atoms with Crippen molar-refractivity contribution in [3.63, 3.8) is 0 Å². The van der Waals surface area contributed by atoms with Gasteiger partial charge < -0.3 is 0 Å². The summed E-state index contributed by atoms with van der Waals surface area (Å²) in [6, 6.07) is 12.5. The summed E-state index contributed by atoms with van der Waals surface area (Å²) >= 11 is 7.52. The molecule has 0 bridgehead atoms. The number of pyridine rings is 1.